The van der Waals surface area contributed by atoms with Crippen molar-refractivity contribution in [3.8, 4) is 0 Å². The molecular formula is C11H20FNO2. The summed E-state index contributed by atoms with van der Waals surface area (Å²) in [5, 5.41) is 0. The van der Waals surface area contributed by atoms with Gasteiger partial charge in [-0.1, -0.05) is 6.92 Å². The van der Waals surface area contributed by atoms with E-state index in [4.69, 9.17) is 4.74 Å². The van der Waals surface area contributed by atoms with E-state index in [0.29, 0.717) is 13.1 Å². The summed E-state index contributed by atoms with van der Waals surface area (Å²) in [6.45, 7) is 8.03. The van der Waals surface area contributed by atoms with Crippen LogP contribution >= 0.6 is 0 Å². The molecule has 1 saturated heterocycles. The molecule has 0 saturated carbocycles. The molecular weight excluding hydrogens is 197 g/mol. The summed E-state index contributed by atoms with van der Waals surface area (Å²) in [5.41, 5.74) is -0.784. The summed E-state index contributed by atoms with van der Waals surface area (Å²) >= 11 is 0. The number of ether oxygens (including phenoxy) is 1. The van der Waals surface area contributed by atoms with E-state index in [0.717, 1.165) is 6.42 Å². The van der Waals surface area contributed by atoms with Gasteiger partial charge in [-0.3, -0.25) is 4.39 Å². The van der Waals surface area contributed by atoms with Crippen LogP contribution in [0.15, 0.2) is 0 Å². The first-order valence-corrected chi connectivity index (χ1v) is 5.36. The van der Waals surface area contributed by atoms with Gasteiger partial charge in [0.1, 0.15) is 5.60 Å². The number of carbonyl (C=O) groups excluding carboxylic acids is 1. The molecule has 15 heavy (non-hydrogen) atoms. The van der Waals surface area contributed by atoms with Gasteiger partial charge in [0.2, 0.25) is 0 Å². The largest absolute Gasteiger partial charge is 0.444 e. The molecule has 88 valence electrons. The maximum absolute atomic E-state index is 12.7. The fraction of sp³-hybridized carbons (Fsp3) is 0.909. The van der Waals surface area contributed by atoms with Crippen LogP contribution < -0.4 is 0 Å². The monoisotopic (exact) mass is 217 g/mol. The fourth-order valence-electron chi connectivity index (χ4n) is 1.62. The van der Waals surface area contributed by atoms with Crippen LogP contribution in [0, 0.1) is 5.41 Å². The summed E-state index contributed by atoms with van der Waals surface area (Å²) in [7, 11) is 0. The lowest BCUT2D eigenvalue weighted by atomic mass is 9.79. The van der Waals surface area contributed by atoms with Crippen molar-refractivity contribution in [2.75, 3.05) is 19.8 Å². The van der Waals surface area contributed by atoms with Crippen LogP contribution in [-0.2, 0) is 4.74 Å². The van der Waals surface area contributed by atoms with Gasteiger partial charge in [-0.2, -0.15) is 0 Å². The zero-order valence-corrected chi connectivity index (χ0v) is 9.97. The summed E-state index contributed by atoms with van der Waals surface area (Å²) in [6.07, 6.45) is 0.433. The van der Waals surface area contributed by atoms with Crippen LogP contribution in [0.2, 0.25) is 0 Å². The van der Waals surface area contributed by atoms with Crippen molar-refractivity contribution in [1.82, 2.24) is 4.90 Å². The Bertz CT molecular complexity index is 235. The highest BCUT2D eigenvalue weighted by atomic mass is 19.1. The normalized spacial score (nSPS) is 19.7. The van der Waals surface area contributed by atoms with Crippen molar-refractivity contribution in [3.05, 3.63) is 0 Å². The third-order valence-corrected chi connectivity index (χ3v) is 2.74. The van der Waals surface area contributed by atoms with E-state index < -0.39 is 5.60 Å². The number of hydrogen-bond acceptors (Lipinski definition) is 2. The zero-order chi connectivity index (χ0) is 11.7. The molecule has 0 aliphatic carbocycles. The minimum atomic E-state index is -0.475. The summed E-state index contributed by atoms with van der Waals surface area (Å²) < 4.78 is 17.9. The first kappa shape index (κ1) is 12.3. The third-order valence-electron chi connectivity index (χ3n) is 2.74. The zero-order valence-electron chi connectivity index (χ0n) is 9.97. The second-order valence-electron chi connectivity index (χ2n) is 5.32. The molecule has 3 nitrogen and oxygen atoms in total. The SMILES string of the molecule is CCC1(CF)CN(C(=O)OC(C)(C)C)C1. The third kappa shape index (κ3) is 2.83. The van der Waals surface area contributed by atoms with E-state index in [9.17, 15) is 9.18 Å². The molecule has 0 aromatic carbocycles. The van der Waals surface area contributed by atoms with Crippen LogP contribution in [-0.4, -0.2) is 36.4 Å². The van der Waals surface area contributed by atoms with Crippen LogP contribution in [0.25, 0.3) is 0 Å². The Morgan fingerprint density at radius 1 is 1.47 bits per heavy atom. The quantitative estimate of drug-likeness (QED) is 0.711. The van der Waals surface area contributed by atoms with Crippen LogP contribution in [0.1, 0.15) is 34.1 Å². The molecule has 1 fully saturated rings. The average Bonchev–Trinajstić information content (AvgIpc) is 2.00. The van der Waals surface area contributed by atoms with E-state index in [1.165, 1.54) is 0 Å². The highest BCUT2D eigenvalue weighted by molar-refractivity contribution is 5.69. The van der Waals surface area contributed by atoms with Crippen molar-refractivity contribution in [3.63, 3.8) is 0 Å². The standard InChI is InChI=1S/C11H20FNO2/c1-5-11(6-12)7-13(8-11)9(14)15-10(2,3)4/h5-8H2,1-4H3. The van der Waals surface area contributed by atoms with Gasteiger partial charge in [0.25, 0.3) is 0 Å². The summed E-state index contributed by atoms with van der Waals surface area (Å²) in [5.74, 6) is 0. The molecule has 0 unspecified atom stereocenters. The summed E-state index contributed by atoms with van der Waals surface area (Å²) in [6, 6.07) is 0. The van der Waals surface area contributed by atoms with Crippen LogP contribution in [0.4, 0.5) is 9.18 Å². The molecule has 1 heterocycles. The molecule has 1 aliphatic rings. The topological polar surface area (TPSA) is 29.5 Å². The molecule has 0 spiro atoms. The molecule has 0 aromatic heterocycles. The van der Waals surface area contributed by atoms with Gasteiger partial charge in [0.05, 0.1) is 6.67 Å². The molecule has 0 atom stereocenters. The minimum Gasteiger partial charge on any atom is -0.444 e. The van der Waals surface area contributed by atoms with E-state index in [-0.39, 0.29) is 18.2 Å². The lowest BCUT2D eigenvalue weighted by Crippen LogP contribution is -2.60. The van der Waals surface area contributed by atoms with Gasteiger partial charge in [0.15, 0.2) is 0 Å². The van der Waals surface area contributed by atoms with Crippen LogP contribution in [0.3, 0.4) is 0 Å². The van der Waals surface area contributed by atoms with Gasteiger partial charge < -0.3 is 9.64 Å². The molecule has 0 N–H and O–H groups in total. The number of amides is 1. The molecule has 4 heteroatoms. The molecule has 1 aliphatic heterocycles. The van der Waals surface area contributed by atoms with E-state index in [1.807, 2.05) is 27.7 Å². The number of nitrogens with zero attached hydrogens (tertiary/aromatic N) is 1. The number of halogens is 1. The van der Waals surface area contributed by atoms with Gasteiger partial charge >= 0.3 is 6.09 Å². The van der Waals surface area contributed by atoms with Crippen molar-refractivity contribution in [2.24, 2.45) is 5.41 Å². The molecule has 1 rings (SSSR count). The predicted molar refractivity (Wildman–Crippen MR) is 56.5 cm³/mol. The Morgan fingerprint density at radius 2 is 2.00 bits per heavy atom. The van der Waals surface area contributed by atoms with E-state index >= 15 is 0 Å². The number of alkyl halides is 1. The van der Waals surface area contributed by atoms with Crippen molar-refractivity contribution < 1.29 is 13.9 Å². The van der Waals surface area contributed by atoms with E-state index in [1.54, 1.807) is 4.90 Å². The average molecular weight is 217 g/mol. The predicted octanol–water partition coefficient (Wildman–Crippen LogP) is 2.60. The highest BCUT2D eigenvalue weighted by Gasteiger charge is 2.45. The minimum absolute atomic E-state index is 0.309. The Balaban J connectivity index is 2.42. The lowest BCUT2D eigenvalue weighted by molar-refractivity contribution is -0.0444. The highest BCUT2D eigenvalue weighted by Crippen LogP contribution is 2.35. The molecule has 0 aromatic rings. The number of carbonyl (C=O) groups is 1. The maximum Gasteiger partial charge on any atom is 0.410 e. The number of hydrogen-bond donors (Lipinski definition) is 0. The second kappa shape index (κ2) is 3.99. The summed E-state index contributed by atoms with van der Waals surface area (Å²) in [4.78, 5) is 13.1. The van der Waals surface area contributed by atoms with Crippen molar-refractivity contribution in [2.45, 2.75) is 39.7 Å². The molecule has 0 radical (unpaired) electrons. The Morgan fingerprint density at radius 3 is 2.33 bits per heavy atom. The van der Waals surface area contributed by atoms with Gasteiger partial charge in [-0.05, 0) is 27.2 Å². The van der Waals surface area contributed by atoms with Crippen molar-refractivity contribution >= 4 is 6.09 Å². The first-order valence-electron chi connectivity index (χ1n) is 5.36. The second-order valence-corrected chi connectivity index (χ2v) is 5.32. The maximum atomic E-state index is 12.7. The van der Waals surface area contributed by atoms with Crippen molar-refractivity contribution in [1.29, 1.82) is 0 Å². The number of rotatable bonds is 2. The lowest BCUT2D eigenvalue weighted by Gasteiger charge is -2.48. The fourth-order valence-corrected chi connectivity index (χ4v) is 1.62. The molecule has 1 amide bonds. The van der Waals surface area contributed by atoms with Gasteiger partial charge in [-0.25, -0.2) is 4.79 Å². The smallest absolute Gasteiger partial charge is 0.410 e. The van der Waals surface area contributed by atoms with Gasteiger partial charge in [0, 0.05) is 18.5 Å². The van der Waals surface area contributed by atoms with Gasteiger partial charge in [-0.15, -0.1) is 0 Å². The Hall–Kier alpha value is -0.800. The van der Waals surface area contributed by atoms with E-state index in [2.05, 4.69) is 0 Å². The Labute approximate surface area is 90.6 Å². The first-order chi connectivity index (χ1) is 6.82. The number of likely N-dealkylation sites (tertiary alicyclic amines) is 1. The Kier molecular flexibility index (Phi) is 3.26. The molecule has 0 bridgehead atoms. The van der Waals surface area contributed by atoms with Crippen LogP contribution in [0.5, 0.6) is 0 Å².